The van der Waals surface area contributed by atoms with Crippen LogP contribution in [0.1, 0.15) is 65.5 Å². The van der Waals surface area contributed by atoms with Crippen LogP contribution in [-0.2, 0) is 24.9 Å². The van der Waals surface area contributed by atoms with E-state index in [4.69, 9.17) is 0 Å². The minimum absolute atomic E-state index is 0. The number of carbonyl (C=O) groups is 1. The van der Waals surface area contributed by atoms with Crippen molar-refractivity contribution in [2.24, 2.45) is 11.3 Å². The van der Waals surface area contributed by atoms with Crippen molar-refractivity contribution in [3.63, 3.8) is 0 Å². The van der Waals surface area contributed by atoms with E-state index in [9.17, 15) is 36.2 Å². The predicted octanol–water partition coefficient (Wildman–Crippen LogP) is 11.4. The summed E-state index contributed by atoms with van der Waals surface area (Å²) in [6.45, 7) is 11.6. The number of allylic oxidation sites excluding steroid dienone is 2. The number of rotatable bonds is 7. The summed E-state index contributed by atoms with van der Waals surface area (Å²) in [4.78, 5) is 16.1. The van der Waals surface area contributed by atoms with Gasteiger partial charge in [0.1, 0.15) is 5.41 Å². The second kappa shape index (κ2) is 16.0. The van der Waals surface area contributed by atoms with Gasteiger partial charge < -0.3 is 5.11 Å². The maximum atomic E-state index is 15.2. The molecule has 1 radical (unpaired) electrons. The standard InChI is InChI=1S/C25H24F2NTe.C12H16F6O2.Ir/c1-16-10-17(2)12-20(11-16)24-14-23-19(15-28-24)7-6-18-8-9-21(13-22(18)23)29(26,27)25(3,4)5;1-4-7(6-11(13,14)15)8(19)5-9(20)10(2,3)12(16,17)18;/h6-11,13-15H,1-5H3;5,7,19H,4,6H2,1-3H3;/q-1;;/b;8-5-;. The Morgan fingerprint density at radius 2 is 1.46 bits per heavy atom. The summed E-state index contributed by atoms with van der Waals surface area (Å²) in [5.74, 6) is -3.89. The van der Waals surface area contributed by atoms with Crippen LogP contribution in [0, 0.1) is 31.2 Å². The predicted molar refractivity (Wildman–Crippen MR) is 180 cm³/mol. The average molecular weight is 1000 g/mol. The van der Waals surface area contributed by atoms with Gasteiger partial charge in [-0.05, 0) is 20.3 Å². The molecule has 1 atom stereocenters. The fourth-order valence-corrected chi connectivity index (χ4v) is 8.39. The molecular formula is C37H40F8IrNO2Te-. The van der Waals surface area contributed by atoms with Gasteiger partial charge in [0.2, 0.25) is 0 Å². The van der Waals surface area contributed by atoms with Crippen molar-refractivity contribution in [1.82, 2.24) is 4.98 Å². The SMILES string of the molecule is CCC(CC(F)(F)F)/C(O)=C/C(=O)C(C)(C)C(F)(F)F.Cc1[c-]c(-c2cc3c(ccc4ccc([Te](F)(F)C(C)(C)C)cc43)cn2)cc(C)c1.[Ir]. The zero-order valence-electron chi connectivity index (χ0n) is 28.8. The van der Waals surface area contributed by atoms with Crippen LogP contribution in [0.5, 0.6) is 0 Å². The molecule has 0 aliphatic heterocycles. The van der Waals surface area contributed by atoms with Gasteiger partial charge >= 0.3 is 189 Å². The summed E-state index contributed by atoms with van der Waals surface area (Å²) in [5, 5.41) is 13.2. The molecule has 277 valence electrons. The van der Waals surface area contributed by atoms with Crippen LogP contribution in [0.15, 0.2) is 66.6 Å². The Balaban J connectivity index is 0.000000367. The number of carbonyl (C=O) groups excluding carboxylic acids is 1. The Labute approximate surface area is 306 Å². The first-order chi connectivity index (χ1) is 22.3. The molecule has 0 saturated carbocycles. The molecule has 0 aliphatic carbocycles. The van der Waals surface area contributed by atoms with Gasteiger partial charge in [-0.2, -0.15) is 26.3 Å². The summed E-state index contributed by atoms with van der Waals surface area (Å²) in [7, 11) is 0. The van der Waals surface area contributed by atoms with Crippen LogP contribution in [0.25, 0.3) is 32.8 Å². The summed E-state index contributed by atoms with van der Waals surface area (Å²) in [5.41, 5.74) is 1.18. The van der Waals surface area contributed by atoms with E-state index in [0.717, 1.165) is 43.9 Å². The molecule has 13 heteroatoms. The molecule has 1 aromatic heterocycles. The van der Waals surface area contributed by atoms with Gasteiger partial charge in [0, 0.05) is 32.1 Å². The van der Waals surface area contributed by atoms with Crippen molar-refractivity contribution in [3.05, 3.63) is 83.8 Å². The first kappa shape index (κ1) is 43.6. The number of aryl methyl sites for hydroxylation is 2. The van der Waals surface area contributed by atoms with Crippen molar-refractivity contribution in [3.8, 4) is 11.3 Å². The maximum Gasteiger partial charge on any atom is 0 e. The van der Waals surface area contributed by atoms with Crippen LogP contribution in [-0.4, -0.2) is 47.5 Å². The Morgan fingerprint density at radius 1 is 0.900 bits per heavy atom. The van der Waals surface area contributed by atoms with Crippen LogP contribution in [0.4, 0.5) is 32.1 Å². The quantitative estimate of drug-likeness (QED) is 0.0501. The van der Waals surface area contributed by atoms with E-state index in [1.165, 1.54) is 6.92 Å². The summed E-state index contributed by atoms with van der Waals surface area (Å²) in [6, 6.07) is 18.7. The molecule has 4 aromatic rings. The van der Waals surface area contributed by atoms with E-state index < -0.39 is 64.4 Å². The fraction of sp³-hybridized carbons (Fsp3) is 0.405. The molecule has 4 rings (SSSR count). The van der Waals surface area contributed by atoms with Crippen LogP contribution >= 0.6 is 0 Å². The number of hydrogen-bond acceptors (Lipinski definition) is 3. The average Bonchev–Trinajstić information content (AvgIpc) is 2.97. The number of halogens is 8. The Bertz CT molecular complexity index is 1840. The van der Waals surface area contributed by atoms with Gasteiger partial charge in [-0.3, -0.25) is 4.79 Å². The molecule has 3 nitrogen and oxygen atoms in total. The van der Waals surface area contributed by atoms with Gasteiger partial charge in [-0.25, -0.2) is 0 Å². The molecule has 1 unspecified atom stereocenters. The van der Waals surface area contributed by atoms with Crippen LogP contribution in [0.2, 0.25) is 3.46 Å². The number of alkyl halides is 6. The zero-order valence-corrected chi connectivity index (χ0v) is 33.6. The molecule has 3 aromatic carbocycles. The molecular weight excluding hydrogens is 962 g/mol. The molecule has 0 saturated heterocycles. The van der Waals surface area contributed by atoms with Gasteiger partial charge in [0.25, 0.3) is 0 Å². The smallest absolute Gasteiger partial charge is 0 e. The van der Waals surface area contributed by atoms with Gasteiger partial charge in [-0.1, -0.05) is 6.92 Å². The van der Waals surface area contributed by atoms with Gasteiger partial charge in [-0.15, -0.1) is 0 Å². The van der Waals surface area contributed by atoms with Crippen LogP contribution < -0.4 is 3.61 Å². The maximum absolute atomic E-state index is 15.2. The second-order valence-electron chi connectivity index (χ2n) is 13.6. The van der Waals surface area contributed by atoms with Crippen molar-refractivity contribution in [1.29, 1.82) is 0 Å². The molecule has 0 spiro atoms. The molecule has 1 heterocycles. The zero-order chi connectivity index (χ0) is 37.3. The Hall–Kier alpha value is -2.58. The first-order valence-electron chi connectivity index (χ1n) is 15.4. The third-order valence-corrected chi connectivity index (χ3v) is 15.0. The number of aliphatic hydroxyl groups is 1. The molecule has 0 fully saturated rings. The minimum Gasteiger partial charge on any atom is 0 e. The number of pyridine rings is 1. The minimum atomic E-state index is -5.21. The Kier molecular flexibility index (Phi) is 13.9. The number of aromatic nitrogens is 1. The van der Waals surface area contributed by atoms with E-state index in [2.05, 4.69) is 23.2 Å². The number of fused-ring (bicyclic) bond motifs is 3. The van der Waals surface area contributed by atoms with E-state index in [1.54, 1.807) is 32.9 Å². The van der Waals surface area contributed by atoms with Crippen molar-refractivity contribution < 1.29 is 62.1 Å². The first-order valence-corrected chi connectivity index (χ1v) is 19.5. The van der Waals surface area contributed by atoms with Crippen LogP contribution in [0.3, 0.4) is 0 Å². The third-order valence-electron chi connectivity index (χ3n) is 8.17. The molecule has 1 N–H and O–H groups in total. The van der Waals surface area contributed by atoms with Crippen molar-refractivity contribution in [2.45, 2.75) is 84.0 Å². The van der Waals surface area contributed by atoms with Crippen molar-refractivity contribution >= 4 is 50.3 Å². The summed E-state index contributed by atoms with van der Waals surface area (Å²) in [6.07, 6.45) is -8.91. The fourth-order valence-electron chi connectivity index (χ4n) is 4.93. The summed E-state index contributed by atoms with van der Waals surface area (Å²) < 4.78 is 104. The normalized spacial score (nSPS) is 14.1. The van der Waals surface area contributed by atoms with Crippen molar-refractivity contribution in [2.75, 3.05) is 0 Å². The van der Waals surface area contributed by atoms with E-state index in [0.29, 0.717) is 13.8 Å². The number of aliphatic hydroxyl groups excluding tert-OH is 1. The van der Waals surface area contributed by atoms with E-state index in [-0.39, 0.29) is 36.2 Å². The molecule has 0 aliphatic rings. The van der Waals surface area contributed by atoms with Gasteiger partial charge in [0.05, 0.1) is 12.2 Å². The molecule has 50 heavy (non-hydrogen) atoms. The number of nitrogens with zero attached hydrogens (tertiary/aromatic N) is 1. The second-order valence-corrected chi connectivity index (χ2v) is 21.1. The van der Waals surface area contributed by atoms with Gasteiger partial charge in [0.15, 0.2) is 5.78 Å². The molecule has 0 bridgehead atoms. The van der Waals surface area contributed by atoms with E-state index in [1.807, 2.05) is 44.3 Å². The summed E-state index contributed by atoms with van der Waals surface area (Å²) >= 11 is -5.21. The topological polar surface area (TPSA) is 50.2 Å². The molecule has 0 amide bonds. The largest absolute Gasteiger partial charge is 0 e. The number of hydrogen-bond donors (Lipinski definition) is 1. The number of benzene rings is 3. The Morgan fingerprint density at radius 3 is 1.98 bits per heavy atom. The monoisotopic (exact) mass is 1010 g/mol. The third kappa shape index (κ3) is 10.3. The number of ketones is 1. The van der Waals surface area contributed by atoms with E-state index >= 15 is 5.78 Å².